The van der Waals surface area contributed by atoms with Crippen molar-refractivity contribution in [3.05, 3.63) is 0 Å². The Labute approximate surface area is 88.2 Å². The number of nitrogens with one attached hydrogen (secondary N) is 1. The minimum Gasteiger partial charge on any atom is -0.381 e. The van der Waals surface area contributed by atoms with Gasteiger partial charge in [-0.2, -0.15) is 13.2 Å². The lowest BCUT2D eigenvalue weighted by atomic mass is 9.91. The fraction of sp³-hybridized carbons (Fsp3) is 1.00. The van der Waals surface area contributed by atoms with Crippen molar-refractivity contribution in [2.75, 3.05) is 19.8 Å². The van der Waals surface area contributed by atoms with Gasteiger partial charge in [-0.3, -0.25) is 0 Å². The lowest BCUT2D eigenvalue weighted by molar-refractivity contribution is -0.174. The largest absolute Gasteiger partial charge is 0.404 e. The standard InChI is InChI=1S/C10H18F3NO/c1-2-5-14-9(10(11,12)13)8-3-6-15-7-4-8/h8-9,14H,2-7H2,1H3. The number of hydrogen-bond donors (Lipinski definition) is 1. The van der Waals surface area contributed by atoms with E-state index >= 15 is 0 Å². The highest BCUT2D eigenvalue weighted by Crippen LogP contribution is 2.31. The first-order chi connectivity index (χ1) is 7.05. The third-order valence-electron chi connectivity index (χ3n) is 2.70. The lowest BCUT2D eigenvalue weighted by Gasteiger charge is -2.32. The van der Waals surface area contributed by atoms with E-state index in [4.69, 9.17) is 4.74 Å². The summed E-state index contributed by atoms with van der Waals surface area (Å²) in [5.74, 6) is -0.328. The topological polar surface area (TPSA) is 21.3 Å². The van der Waals surface area contributed by atoms with Crippen LogP contribution in [0.3, 0.4) is 0 Å². The minimum atomic E-state index is -4.14. The molecule has 1 fully saturated rings. The summed E-state index contributed by atoms with van der Waals surface area (Å²) in [4.78, 5) is 0. The zero-order valence-electron chi connectivity index (χ0n) is 8.94. The molecule has 1 aliphatic heterocycles. The molecule has 0 radical (unpaired) electrons. The molecule has 0 spiro atoms. The smallest absolute Gasteiger partial charge is 0.381 e. The summed E-state index contributed by atoms with van der Waals surface area (Å²) in [5, 5.41) is 2.60. The molecule has 15 heavy (non-hydrogen) atoms. The van der Waals surface area contributed by atoms with Crippen LogP contribution in [0.1, 0.15) is 26.2 Å². The molecule has 1 N–H and O–H groups in total. The normalized spacial score (nSPS) is 21.6. The van der Waals surface area contributed by atoms with Crippen LogP contribution >= 0.6 is 0 Å². The van der Waals surface area contributed by atoms with Crippen LogP contribution in [0.15, 0.2) is 0 Å². The predicted octanol–water partition coefficient (Wildman–Crippen LogP) is 2.34. The average molecular weight is 225 g/mol. The van der Waals surface area contributed by atoms with Crippen molar-refractivity contribution < 1.29 is 17.9 Å². The molecule has 0 bridgehead atoms. The van der Waals surface area contributed by atoms with Gasteiger partial charge in [-0.15, -0.1) is 0 Å². The molecule has 1 heterocycles. The van der Waals surface area contributed by atoms with Gasteiger partial charge in [-0.25, -0.2) is 0 Å². The maximum atomic E-state index is 12.7. The van der Waals surface area contributed by atoms with Crippen LogP contribution in [0, 0.1) is 5.92 Å². The number of ether oxygens (including phenoxy) is 1. The Morgan fingerprint density at radius 3 is 2.40 bits per heavy atom. The summed E-state index contributed by atoms with van der Waals surface area (Å²) in [5.41, 5.74) is 0. The number of halogens is 3. The molecule has 1 aliphatic rings. The molecule has 0 aliphatic carbocycles. The summed E-state index contributed by atoms with van der Waals surface area (Å²) >= 11 is 0. The number of rotatable bonds is 4. The third-order valence-corrected chi connectivity index (χ3v) is 2.70. The molecule has 0 amide bonds. The molecule has 1 unspecified atom stereocenters. The molecule has 0 aromatic heterocycles. The second-order valence-corrected chi connectivity index (χ2v) is 3.92. The molecule has 0 saturated carbocycles. The van der Waals surface area contributed by atoms with E-state index in [0.717, 1.165) is 6.42 Å². The average Bonchev–Trinajstić information content (AvgIpc) is 2.18. The first-order valence-electron chi connectivity index (χ1n) is 5.43. The van der Waals surface area contributed by atoms with Gasteiger partial charge in [0.15, 0.2) is 0 Å². The van der Waals surface area contributed by atoms with Gasteiger partial charge in [0.05, 0.1) is 0 Å². The van der Waals surface area contributed by atoms with Crippen molar-refractivity contribution >= 4 is 0 Å². The quantitative estimate of drug-likeness (QED) is 0.793. The van der Waals surface area contributed by atoms with Crippen molar-refractivity contribution in [1.82, 2.24) is 5.32 Å². The highest BCUT2D eigenvalue weighted by Gasteiger charge is 2.44. The van der Waals surface area contributed by atoms with Crippen LogP contribution in [0.2, 0.25) is 0 Å². The summed E-state index contributed by atoms with van der Waals surface area (Å²) in [6, 6.07) is -1.36. The molecular weight excluding hydrogens is 207 g/mol. The van der Waals surface area contributed by atoms with E-state index in [2.05, 4.69) is 5.32 Å². The van der Waals surface area contributed by atoms with Gasteiger partial charge in [0, 0.05) is 13.2 Å². The summed E-state index contributed by atoms with van der Waals surface area (Å²) in [6.07, 6.45) is -2.42. The monoisotopic (exact) mass is 225 g/mol. The Balaban J connectivity index is 2.53. The van der Waals surface area contributed by atoms with Gasteiger partial charge in [-0.05, 0) is 31.7 Å². The predicted molar refractivity (Wildman–Crippen MR) is 51.7 cm³/mol. The Bertz CT molecular complexity index is 178. The van der Waals surface area contributed by atoms with Crippen molar-refractivity contribution in [3.8, 4) is 0 Å². The Morgan fingerprint density at radius 2 is 1.93 bits per heavy atom. The van der Waals surface area contributed by atoms with Crippen molar-refractivity contribution in [1.29, 1.82) is 0 Å². The van der Waals surface area contributed by atoms with Crippen LogP contribution in [0.5, 0.6) is 0 Å². The Hall–Kier alpha value is -0.290. The first kappa shape index (κ1) is 12.8. The van der Waals surface area contributed by atoms with E-state index < -0.39 is 12.2 Å². The molecular formula is C10H18F3NO. The van der Waals surface area contributed by atoms with Crippen LogP contribution in [0.4, 0.5) is 13.2 Å². The summed E-state index contributed by atoms with van der Waals surface area (Å²) in [6.45, 7) is 3.18. The fourth-order valence-electron chi connectivity index (χ4n) is 1.90. The molecule has 1 atom stereocenters. The van der Waals surface area contributed by atoms with E-state index in [0.29, 0.717) is 32.6 Å². The molecule has 90 valence electrons. The van der Waals surface area contributed by atoms with Crippen molar-refractivity contribution in [2.24, 2.45) is 5.92 Å². The van der Waals surface area contributed by atoms with Crippen molar-refractivity contribution in [2.45, 2.75) is 38.4 Å². The van der Waals surface area contributed by atoms with Crippen molar-refractivity contribution in [3.63, 3.8) is 0 Å². The Morgan fingerprint density at radius 1 is 1.33 bits per heavy atom. The minimum absolute atomic E-state index is 0.328. The van der Waals surface area contributed by atoms with Crippen LogP contribution < -0.4 is 5.32 Å². The van der Waals surface area contributed by atoms with Gasteiger partial charge >= 0.3 is 6.18 Å². The van der Waals surface area contributed by atoms with E-state index in [1.165, 1.54) is 0 Å². The third kappa shape index (κ3) is 3.99. The van der Waals surface area contributed by atoms with Crippen LogP contribution in [0.25, 0.3) is 0 Å². The molecule has 1 rings (SSSR count). The van der Waals surface area contributed by atoms with E-state index in [-0.39, 0.29) is 5.92 Å². The molecule has 2 nitrogen and oxygen atoms in total. The van der Waals surface area contributed by atoms with E-state index in [1.807, 2.05) is 6.92 Å². The summed E-state index contributed by atoms with van der Waals surface area (Å²) < 4.78 is 43.2. The highest BCUT2D eigenvalue weighted by atomic mass is 19.4. The molecule has 0 aromatic rings. The fourth-order valence-corrected chi connectivity index (χ4v) is 1.90. The van der Waals surface area contributed by atoms with Gasteiger partial charge in [0.2, 0.25) is 0 Å². The van der Waals surface area contributed by atoms with Crippen LogP contribution in [-0.4, -0.2) is 32.0 Å². The molecule has 1 saturated heterocycles. The van der Waals surface area contributed by atoms with Crippen LogP contribution in [-0.2, 0) is 4.74 Å². The highest BCUT2D eigenvalue weighted by molar-refractivity contribution is 4.84. The van der Waals surface area contributed by atoms with E-state index in [9.17, 15) is 13.2 Å². The van der Waals surface area contributed by atoms with E-state index in [1.54, 1.807) is 0 Å². The van der Waals surface area contributed by atoms with Gasteiger partial charge in [0.25, 0.3) is 0 Å². The van der Waals surface area contributed by atoms with Gasteiger partial charge in [-0.1, -0.05) is 6.92 Å². The molecule has 5 heteroatoms. The first-order valence-corrected chi connectivity index (χ1v) is 5.43. The van der Waals surface area contributed by atoms with Gasteiger partial charge in [0.1, 0.15) is 6.04 Å². The Kier molecular flexibility index (Phi) is 4.86. The zero-order valence-corrected chi connectivity index (χ0v) is 8.94. The summed E-state index contributed by atoms with van der Waals surface area (Å²) in [7, 11) is 0. The maximum absolute atomic E-state index is 12.7. The SMILES string of the molecule is CCCNC(C1CCOCC1)C(F)(F)F. The second-order valence-electron chi connectivity index (χ2n) is 3.92. The number of hydrogen-bond acceptors (Lipinski definition) is 2. The number of alkyl halides is 3. The second kappa shape index (κ2) is 5.70. The zero-order chi connectivity index (χ0) is 11.3. The lowest BCUT2D eigenvalue weighted by Crippen LogP contribution is -2.49. The maximum Gasteiger partial charge on any atom is 0.404 e. The molecule has 0 aromatic carbocycles. The van der Waals surface area contributed by atoms with Gasteiger partial charge < -0.3 is 10.1 Å².